The maximum Gasteiger partial charge on any atom is 0.414 e. The summed E-state index contributed by atoms with van der Waals surface area (Å²) in [5.41, 5.74) is 3.02. The third kappa shape index (κ3) is 3.81. The van der Waals surface area contributed by atoms with Gasteiger partial charge < -0.3 is 15.0 Å². The van der Waals surface area contributed by atoms with Crippen molar-refractivity contribution in [3.8, 4) is 0 Å². The minimum atomic E-state index is -0.401. The molecule has 3 rings (SSSR count). The van der Waals surface area contributed by atoms with Crippen LogP contribution in [0.15, 0.2) is 30.3 Å². The van der Waals surface area contributed by atoms with Crippen molar-refractivity contribution >= 4 is 29.7 Å². The molecule has 0 unspecified atom stereocenters. The standard InChI is InChI=1S/C18H21N3O4/c1-13(23)19-10-17-11-25-18(24)21(17)16-4-2-14(3-5-16)15-6-8-20(12-22)9-7-15/h2-6,12,17H,7-11H2,1H3,(H,19,23)/t17-/m0/s1. The van der Waals surface area contributed by atoms with Gasteiger partial charge in [0.05, 0.1) is 6.04 Å². The number of nitrogens with one attached hydrogen (secondary N) is 1. The Morgan fingerprint density at radius 2 is 2.12 bits per heavy atom. The van der Waals surface area contributed by atoms with Crippen molar-refractivity contribution in [1.29, 1.82) is 0 Å². The van der Waals surface area contributed by atoms with E-state index in [0.717, 1.165) is 24.1 Å². The Morgan fingerprint density at radius 3 is 2.72 bits per heavy atom. The van der Waals surface area contributed by atoms with Crippen LogP contribution in [0.3, 0.4) is 0 Å². The molecular formula is C18H21N3O4. The van der Waals surface area contributed by atoms with Crippen LogP contribution in [0.4, 0.5) is 10.5 Å². The lowest BCUT2D eigenvalue weighted by Crippen LogP contribution is -2.42. The molecule has 0 radical (unpaired) electrons. The second-order valence-electron chi connectivity index (χ2n) is 6.16. The molecule has 7 nitrogen and oxygen atoms in total. The summed E-state index contributed by atoms with van der Waals surface area (Å²) in [5.74, 6) is -0.136. The minimum Gasteiger partial charge on any atom is -0.447 e. The van der Waals surface area contributed by atoms with E-state index in [1.807, 2.05) is 24.3 Å². The molecule has 0 bridgehead atoms. The van der Waals surface area contributed by atoms with Gasteiger partial charge in [0.15, 0.2) is 0 Å². The van der Waals surface area contributed by atoms with Gasteiger partial charge in [0.25, 0.3) is 0 Å². The molecule has 2 heterocycles. The van der Waals surface area contributed by atoms with E-state index in [0.29, 0.717) is 19.6 Å². The Morgan fingerprint density at radius 1 is 1.36 bits per heavy atom. The van der Waals surface area contributed by atoms with E-state index in [4.69, 9.17) is 4.74 Å². The fourth-order valence-corrected chi connectivity index (χ4v) is 3.07. The molecule has 1 atom stereocenters. The van der Waals surface area contributed by atoms with E-state index in [1.54, 1.807) is 9.80 Å². The quantitative estimate of drug-likeness (QED) is 0.820. The fourth-order valence-electron chi connectivity index (χ4n) is 3.07. The summed E-state index contributed by atoms with van der Waals surface area (Å²) >= 11 is 0. The maximum absolute atomic E-state index is 12.0. The normalized spacial score (nSPS) is 20.1. The fraction of sp³-hybridized carbons (Fsp3) is 0.389. The number of rotatable bonds is 5. The highest BCUT2D eigenvalue weighted by Gasteiger charge is 2.34. The van der Waals surface area contributed by atoms with Crippen LogP contribution in [0.25, 0.3) is 5.57 Å². The first-order valence-electron chi connectivity index (χ1n) is 8.27. The zero-order valence-corrected chi connectivity index (χ0v) is 14.1. The lowest BCUT2D eigenvalue weighted by molar-refractivity contribution is -0.119. The number of carbonyl (C=O) groups is 3. The number of cyclic esters (lactones) is 1. The molecule has 3 amide bonds. The number of carbonyl (C=O) groups excluding carboxylic acids is 3. The van der Waals surface area contributed by atoms with E-state index in [9.17, 15) is 14.4 Å². The van der Waals surface area contributed by atoms with E-state index < -0.39 is 6.09 Å². The lowest BCUT2D eigenvalue weighted by atomic mass is 9.99. The number of benzene rings is 1. The smallest absolute Gasteiger partial charge is 0.414 e. The summed E-state index contributed by atoms with van der Waals surface area (Å²) in [6.07, 6.45) is 3.33. The topological polar surface area (TPSA) is 79.0 Å². The second kappa shape index (κ2) is 7.38. The van der Waals surface area contributed by atoms with Gasteiger partial charge in [-0.3, -0.25) is 14.5 Å². The van der Waals surface area contributed by atoms with Gasteiger partial charge >= 0.3 is 6.09 Å². The zero-order valence-electron chi connectivity index (χ0n) is 14.1. The third-order valence-electron chi connectivity index (χ3n) is 4.45. The molecule has 0 spiro atoms. The Balaban J connectivity index is 1.72. The Hall–Kier alpha value is -2.83. The van der Waals surface area contributed by atoms with Gasteiger partial charge in [0.2, 0.25) is 12.3 Å². The Labute approximate surface area is 146 Å². The molecule has 132 valence electrons. The predicted molar refractivity (Wildman–Crippen MR) is 93.0 cm³/mol. The molecular weight excluding hydrogens is 322 g/mol. The molecule has 1 N–H and O–H groups in total. The van der Waals surface area contributed by atoms with Crippen molar-refractivity contribution in [3.05, 3.63) is 35.9 Å². The van der Waals surface area contributed by atoms with Gasteiger partial charge in [-0.1, -0.05) is 18.2 Å². The number of ether oxygens (including phenoxy) is 1. The Bertz CT molecular complexity index is 699. The monoisotopic (exact) mass is 343 g/mol. The zero-order chi connectivity index (χ0) is 17.8. The highest BCUT2D eigenvalue weighted by atomic mass is 16.6. The van der Waals surface area contributed by atoms with Crippen molar-refractivity contribution in [3.63, 3.8) is 0 Å². The first-order chi connectivity index (χ1) is 12.1. The van der Waals surface area contributed by atoms with Crippen molar-refractivity contribution in [2.75, 3.05) is 31.1 Å². The van der Waals surface area contributed by atoms with Crippen LogP contribution >= 0.6 is 0 Å². The van der Waals surface area contributed by atoms with Crippen LogP contribution in [0.1, 0.15) is 18.9 Å². The molecule has 25 heavy (non-hydrogen) atoms. The number of hydrogen-bond donors (Lipinski definition) is 1. The van der Waals surface area contributed by atoms with E-state index in [1.165, 1.54) is 12.5 Å². The number of nitrogens with zero attached hydrogens (tertiary/aromatic N) is 2. The largest absolute Gasteiger partial charge is 0.447 e. The van der Waals surface area contributed by atoms with Gasteiger partial charge in [-0.2, -0.15) is 0 Å². The second-order valence-corrected chi connectivity index (χ2v) is 6.16. The van der Waals surface area contributed by atoms with Crippen LogP contribution in [-0.2, 0) is 14.3 Å². The van der Waals surface area contributed by atoms with Crippen molar-refractivity contribution in [2.24, 2.45) is 0 Å². The van der Waals surface area contributed by atoms with Crippen molar-refractivity contribution in [1.82, 2.24) is 10.2 Å². The van der Waals surface area contributed by atoms with Crippen molar-refractivity contribution < 1.29 is 19.1 Å². The molecule has 0 saturated carbocycles. The van der Waals surface area contributed by atoms with Gasteiger partial charge in [-0.15, -0.1) is 0 Å². The summed E-state index contributed by atoms with van der Waals surface area (Å²) in [6, 6.07) is 7.50. The molecule has 7 heteroatoms. The van der Waals surface area contributed by atoms with Crippen LogP contribution in [0.2, 0.25) is 0 Å². The van der Waals surface area contributed by atoms with Gasteiger partial charge in [-0.25, -0.2) is 4.79 Å². The summed E-state index contributed by atoms with van der Waals surface area (Å²) in [5, 5.41) is 2.73. The number of hydrogen-bond acceptors (Lipinski definition) is 4. The minimum absolute atomic E-state index is 0.136. The summed E-state index contributed by atoms with van der Waals surface area (Å²) < 4.78 is 5.12. The van der Waals surface area contributed by atoms with Gasteiger partial charge in [0.1, 0.15) is 6.61 Å². The average Bonchev–Trinajstić information content (AvgIpc) is 3.01. The number of amides is 3. The summed E-state index contributed by atoms with van der Waals surface area (Å²) in [4.78, 5) is 37.2. The number of anilines is 1. The Kier molecular flexibility index (Phi) is 5.02. The highest BCUT2D eigenvalue weighted by molar-refractivity contribution is 5.90. The van der Waals surface area contributed by atoms with Crippen LogP contribution in [-0.4, -0.2) is 55.6 Å². The molecule has 2 aliphatic rings. The van der Waals surface area contributed by atoms with E-state index in [2.05, 4.69) is 11.4 Å². The van der Waals surface area contributed by atoms with Crippen LogP contribution in [0.5, 0.6) is 0 Å². The van der Waals surface area contributed by atoms with Gasteiger partial charge in [-0.05, 0) is 29.7 Å². The molecule has 1 saturated heterocycles. The van der Waals surface area contributed by atoms with Crippen LogP contribution < -0.4 is 10.2 Å². The molecule has 0 aliphatic carbocycles. The van der Waals surface area contributed by atoms with Crippen molar-refractivity contribution in [2.45, 2.75) is 19.4 Å². The molecule has 1 aromatic rings. The summed E-state index contributed by atoms with van der Waals surface area (Å²) in [6.45, 7) is 3.40. The van der Waals surface area contributed by atoms with E-state index in [-0.39, 0.29) is 18.6 Å². The maximum atomic E-state index is 12.0. The first-order valence-corrected chi connectivity index (χ1v) is 8.27. The SMILES string of the molecule is CC(=O)NC[C@H]1COC(=O)N1c1ccc(C2=CCN(C=O)CC2)cc1. The average molecular weight is 343 g/mol. The van der Waals surface area contributed by atoms with E-state index >= 15 is 0 Å². The van der Waals surface area contributed by atoms with Crippen LogP contribution in [0, 0.1) is 0 Å². The highest BCUT2D eigenvalue weighted by Crippen LogP contribution is 2.27. The lowest BCUT2D eigenvalue weighted by Gasteiger charge is -2.24. The summed E-state index contributed by atoms with van der Waals surface area (Å²) in [7, 11) is 0. The third-order valence-corrected chi connectivity index (χ3v) is 4.45. The molecule has 1 aromatic carbocycles. The predicted octanol–water partition coefficient (Wildman–Crippen LogP) is 1.39. The molecule has 2 aliphatic heterocycles. The molecule has 1 fully saturated rings. The molecule has 0 aromatic heterocycles. The first kappa shape index (κ1) is 17.0. The van der Waals surface area contributed by atoms with Gasteiger partial charge in [0, 0.05) is 32.2 Å².